The van der Waals surface area contributed by atoms with Gasteiger partial charge in [0.1, 0.15) is 17.2 Å². The summed E-state index contributed by atoms with van der Waals surface area (Å²) >= 11 is 6.38. The Morgan fingerprint density at radius 1 is 0.875 bits per heavy atom. The fraction of sp³-hybridized carbons (Fsp3) is 0.368. The van der Waals surface area contributed by atoms with Crippen molar-refractivity contribution in [3.8, 4) is 17.2 Å². The van der Waals surface area contributed by atoms with Crippen LogP contribution in [-0.2, 0) is 24.6 Å². The van der Waals surface area contributed by atoms with E-state index in [1.54, 1.807) is 30.3 Å². The molecular formula is C38H37ClN2O7. The number of ether oxygens (including phenoxy) is 2. The van der Waals surface area contributed by atoms with Gasteiger partial charge in [0.25, 0.3) is 0 Å². The van der Waals surface area contributed by atoms with E-state index in [-0.39, 0.29) is 36.2 Å². The predicted molar refractivity (Wildman–Crippen MR) is 179 cm³/mol. The summed E-state index contributed by atoms with van der Waals surface area (Å²) in [4.78, 5) is 60.9. The van der Waals surface area contributed by atoms with Gasteiger partial charge in [0, 0.05) is 34.2 Å². The lowest BCUT2D eigenvalue weighted by atomic mass is 9.49. The zero-order chi connectivity index (χ0) is 34.3. The van der Waals surface area contributed by atoms with E-state index in [0.717, 1.165) is 5.57 Å². The van der Waals surface area contributed by atoms with Gasteiger partial charge in [-0.3, -0.25) is 24.1 Å². The van der Waals surface area contributed by atoms with Crippen molar-refractivity contribution in [3.05, 3.63) is 94.5 Å². The van der Waals surface area contributed by atoms with Crippen molar-refractivity contribution in [2.45, 2.75) is 50.5 Å². The average molecular weight is 669 g/mol. The van der Waals surface area contributed by atoms with Gasteiger partial charge in [-0.2, -0.15) is 0 Å². The zero-order valence-corrected chi connectivity index (χ0v) is 28.2. The summed E-state index contributed by atoms with van der Waals surface area (Å²) in [5.74, 6) is -4.81. The van der Waals surface area contributed by atoms with Crippen LogP contribution in [0.15, 0.2) is 78.4 Å². The van der Waals surface area contributed by atoms with Crippen LogP contribution >= 0.6 is 11.6 Å². The van der Waals surface area contributed by atoms with Crippen molar-refractivity contribution in [1.82, 2.24) is 4.90 Å². The maximum absolute atomic E-state index is 15.4. The number of phenolic OH excluding ortho intramolecular Hbond substituents is 1. The molecule has 4 aliphatic rings. The molecule has 48 heavy (non-hydrogen) atoms. The minimum atomic E-state index is -1.55. The summed E-state index contributed by atoms with van der Waals surface area (Å²) in [6.07, 6.45) is 2.38. The molecule has 0 aromatic heterocycles. The first kappa shape index (κ1) is 31.9. The number of nitrogens with zero attached hydrogens (tertiary/aromatic N) is 2. The van der Waals surface area contributed by atoms with Gasteiger partial charge in [-0.05, 0) is 63.3 Å². The molecule has 10 heteroatoms. The number of benzene rings is 3. The normalized spacial score (nSPS) is 28.2. The van der Waals surface area contributed by atoms with Gasteiger partial charge in [-0.15, -0.1) is 0 Å². The second-order valence-electron chi connectivity index (χ2n) is 14.0. The third-order valence-corrected chi connectivity index (χ3v) is 10.9. The van der Waals surface area contributed by atoms with E-state index in [9.17, 15) is 19.5 Å². The molecule has 2 heterocycles. The summed E-state index contributed by atoms with van der Waals surface area (Å²) in [6.45, 7) is 5.50. The highest BCUT2D eigenvalue weighted by molar-refractivity contribution is 6.32. The molecule has 7 rings (SSSR count). The molecule has 1 saturated carbocycles. The number of imide groups is 2. The maximum Gasteiger partial charge on any atom is 0.246 e. The van der Waals surface area contributed by atoms with Crippen LogP contribution in [0.4, 0.5) is 5.69 Å². The Balaban J connectivity index is 1.54. The standard InChI is InChI=1S/C38H37ClN2O7/c1-37(2,3)41-33(43)25-15-14-24-26(30(25)35(41)45)19-27-34(44)40(22-13-9-12-21(39)16-22)36(46)38(27,20-10-7-6-8-11-20)32(24)31-28(42)17-23(47-4)18-29(31)48-5/h6-14,16-18,25-27,30,32,42H,15,19H2,1-5H3. The lowest BCUT2D eigenvalue weighted by Crippen LogP contribution is -2.53. The van der Waals surface area contributed by atoms with Crippen LogP contribution in [0, 0.1) is 23.7 Å². The molecule has 9 nitrogen and oxygen atoms in total. The number of likely N-dealkylation sites (tertiary alicyclic amines) is 1. The number of hydrogen-bond donors (Lipinski definition) is 1. The van der Waals surface area contributed by atoms with Crippen LogP contribution in [0.3, 0.4) is 0 Å². The van der Waals surface area contributed by atoms with Crippen molar-refractivity contribution in [3.63, 3.8) is 0 Å². The fourth-order valence-electron chi connectivity index (χ4n) is 8.88. The van der Waals surface area contributed by atoms with E-state index < -0.39 is 52.4 Å². The van der Waals surface area contributed by atoms with Gasteiger partial charge in [0.05, 0.1) is 43.1 Å². The Morgan fingerprint density at radius 3 is 2.25 bits per heavy atom. The van der Waals surface area contributed by atoms with E-state index in [2.05, 4.69) is 0 Å². The third kappa shape index (κ3) is 4.36. The zero-order valence-electron chi connectivity index (χ0n) is 27.4. The topological polar surface area (TPSA) is 113 Å². The molecule has 3 fully saturated rings. The van der Waals surface area contributed by atoms with E-state index >= 15 is 4.79 Å². The SMILES string of the molecule is COc1cc(O)c(C2C3=CCC4C(=O)N(C(C)(C)C)C(=O)C4C3CC3C(=O)N(c4cccc(Cl)c4)C(=O)C32c2ccccc2)c(OC)c1. The number of amides is 4. The van der Waals surface area contributed by atoms with Crippen LogP contribution in [0.2, 0.25) is 5.02 Å². The average Bonchev–Trinajstić information content (AvgIpc) is 3.45. The number of methoxy groups -OCH3 is 2. The second-order valence-corrected chi connectivity index (χ2v) is 14.5. The molecule has 6 unspecified atom stereocenters. The van der Waals surface area contributed by atoms with E-state index in [1.165, 1.54) is 30.1 Å². The number of allylic oxidation sites excluding steroid dienone is 2. The molecule has 6 atom stereocenters. The summed E-state index contributed by atoms with van der Waals surface area (Å²) in [7, 11) is 2.94. The molecule has 2 saturated heterocycles. The number of rotatable bonds is 5. The minimum Gasteiger partial charge on any atom is -0.507 e. The van der Waals surface area contributed by atoms with Crippen molar-refractivity contribution >= 4 is 40.9 Å². The summed E-state index contributed by atoms with van der Waals surface area (Å²) in [5.41, 5.74) is -0.348. The predicted octanol–water partition coefficient (Wildman–Crippen LogP) is 6.02. The molecule has 3 aromatic rings. The van der Waals surface area contributed by atoms with Gasteiger partial charge in [0.2, 0.25) is 23.6 Å². The lowest BCUT2D eigenvalue weighted by Gasteiger charge is -2.51. The Labute approximate surface area is 284 Å². The smallest absolute Gasteiger partial charge is 0.246 e. The van der Waals surface area contributed by atoms with Gasteiger partial charge < -0.3 is 14.6 Å². The van der Waals surface area contributed by atoms with Crippen LogP contribution < -0.4 is 14.4 Å². The molecule has 0 bridgehead atoms. The number of hydrogen-bond acceptors (Lipinski definition) is 7. The Bertz CT molecular complexity index is 1900. The molecule has 1 N–H and O–H groups in total. The number of fused-ring (bicyclic) bond motifs is 4. The van der Waals surface area contributed by atoms with Crippen LogP contribution in [0.25, 0.3) is 0 Å². The first-order valence-electron chi connectivity index (χ1n) is 16.1. The van der Waals surface area contributed by atoms with E-state index in [4.69, 9.17) is 21.1 Å². The third-order valence-electron chi connectivity index (χ3n) is 10.7. The van der Waals surface area contributed by atoms with Crippen LogP contribution in [-0.4, -0.2) is 53.4 Å². The second kappa shape index (κ2) is 11.2. The quantitative estimate of drug-likeness (QED) is 0.261. The van der Waals surface area contributed by atoms with Crippen LogP contribution in [0.1, 0.15) is 50.7 Å². The van der Waals surface area contributed by atoms with Gasteiger partial charge in [-0.1, -0.05) is 59.6 Å². The van der Waals surface area contributed by atoms with E-state index in [1.807, 2.05) is 57.2 Å². The molecule has 4 amide bonds. The number of carbonyl (C=O) groups excluding carboxylic acids is 4. The molecular weight excluding hydrogens is 632 g/mol. The lowest BCUT2D eigenvalue weighted by molar-refractivity contribution is -0.145. The number of halogens is 1. The van der Waals surface area contributed by atoms with Gasteiger partial charge in [-0.25, -0.2) is 4.90 Å². The molecule has 0 spiro atoms. The van der Waals surface area contributed by atoms with Gasteiger partial charge in [0.15, 0.2) is 0 Å². The maximum atomic E-state index is 15.4. The Morgan fingerprint density at radius 2 is 1.60 bits per heavy atom. The minimum absolute atomic E-state index is 0.149. The fourth-order valence-corrected chi connectivity index (χ4v) is 9.07. The van der Waals surface area contributed by atoms with Crippen molar-refractivity contribution in [2.24, 2.45) is 23.7 Å². The molecule has 2 aliphatic carbocycles. The number of carbonyl (C=O) groups is 4. The Hall–Kier alpha value is -4.63. The monoisotopic (exact) mass is 668 g/mol. The highest BCUT2D eigenvalue weighted by atomic mass is 35.5. The molecule has 3 aromatic carbocycles. The highest BCUT2D eigenvalue weighted by Gasteiger charge is 2.71. The summed E-state index contributed by atoms with van der Waals surface area (Å²) < 4.78 is 11.3. The highest BCUT2D eigenvalue weighted by Crippen LogP contribution is 2.66. The number of anilines is 1. The van der Waals surface area contributed by atoms with E-state index in [0.29, 0.717) is 27.6 Å². The van der Waals surface area contributed by atoms with Crippen molar-refractivity contribution in [1.29, 1.82) is 0 Å². The molecule has 248 valence electrons. The molecule has 0 radical (unpaired) electrons. The summed E-state index contributed by atoms with van der Waals surface area (Å²) in [5, 5.41) is 12.2. The van der Waals surface area contributed by atoms with Crippen molar-refractivity contribution in [2.75, 3.05) is 19.1 Å². The Kier molecular flexibility index (Phi) is 7.47. The van der Waals surface area contributed by atoms with Crippen molar-refractivity contribution < 1.29 is 33.8 Å². The number of aromatic hydroxyl groups is 1. The van der Waals surface area contributed by atoms with Crippen LogP contribution in [0.5, 0.6) is 17.2 Å². The first-order chi connectivity index (χ1) is 22.9. The summed E-state index contributed by atoms with van der Waals surface area (Å²) in [6, 6.07) is 18.8. The van der Waals surface area contributed by atoms with Gasteiger partial charge >= 0.3 is 0 Å². The number of phenols is 1. The first-order valence-corrected chi connectivity index (χ1v) is 16.5. The molecule has 2 aliphatic heterocycles. The largest absolute Gasteiger partial charge is 0.507 e.